The number of hydrogen-bond acceptors (Lipinski definition) is 5. The van der Waals surface area contributed by atoms with E-state index in [0.717, 1.165) is 15.1 Å². The molecule has 0 saturated heterocycles. The molecule has 0 aliphatic carbocycles. The molecule has 80 valence electrons. The van der Waals surface area contributed by atoms with E-state index in [9.17, 15) is 0 Å². The van der Waals surface area contributed by atoms with Gasteiger partial charge in [-0.2, -0.15) is 4.98 Å². The van der Waals surface area contributed by atoms with Crippen LogP contribution in [0.3, 0.4) is 0 Å². The van der Waals surface area contributed by atoms with Crippen molar-refractivity contribution in [3.8, 4) is 10.7 Å². The molecular weight excluding hydrogens is 278 g/mol. The summed E-state index contributed by atoms with van der Waals surface area (Å²) < 4.78 is 6.13. The average molecular weight is 288 g/mol. The van der Waals surface area contributed by atoms with E-state index in [4.69, 9.17) is 10.3 Å². The molecule has 1 atom stereocenters. The highest BCUT2D eigenvalue weighted by atomic mass is 79.9. The maximum Gasteiger partial charge on any atom is 0.243 e. The Bertz CT molecular complexity index is 454. The van der Waals surface area contributed by atoms with E-state index < -0.39 is 0 Å². The Labute approximate surface area is 99.6 Å². The van der Waals surface area contributed by atoms with Crippen LogP contribution in [0, 0.1) is 0 Å². The number of halogens is 1. The summed E-state index contributed by atoms with van der Waals surface area (Å²) in [5.41, 5.74) is 5.79. The molecule has 0 radical (unpaired) electrons. The maximum absolute atomic E-state index is 5.79. The minimum absolute atomic E-state index is 0.172. The predicted molar refractivity (Wildman–Crippen MR) is 62.5 cm³/mol. The van der Waals surface area contributed by atoms with Gasteiger partial charge in [0.05, 0.1) is 14.7 Å². The number of aromatic nitrogens is 2. The van der Waals surface area contributed by atoms with Crippen LogP contribution in [0.1, 0.15) is 25.3 Å². The van der Waals surface area contributed by atoms with Gasteiger partial charge in [0.25, 0.3) is 0 Å². The van der Waals surface area contributed by atoms with Crippen molar-refractivity contribution in [2.45, 2.75) is 19.4 Å². The van der Waals surface area contributed by atoms with E-state index in [2.05, 4.69) is 26.1 Å². The Hall–Kier alpha value is -0.720. The molecule has 0 fully saturated rings. The molecule has 2 rings (SSSR count). The van der Waals surface area contributed by atoms with Crippen LogP contribution in [-0.4, -0.2) is 10.1 Å². The Morgan fingerprint density at radius 1 is 1.60 bits per heavy atom. The monoisotopic (exact) mass is 287 g/mol. The van der Waals surface area contributed by atoms with Crippen LogP contribution in [0.4, 0.5) is 0 Å². The second-order valence-corrected chi connectivity index (χ2v) is 5.54. The van der Waals surface area contributed by atoms with Crippen molar-refractivity contribution in [2.24, 2.45) is 5.73 Å². The van der Waals surface area contributed by atoms with Crippen molar-refractivity contribution < 1.29 is 4.52 Å². The molecule has 0 spiro atoms. The molecule has 0 amide bonds. The van der Waals surface area contributed by atoms with Crippen molar-refractivity contribution in [3.63, 3.8) is 0 Å². The summed E-state index contributed by atoms with van der Waals surface area (Å²) in [7, 11) is 0. The van der Waals surface area contributed by atoms with Crippen LogP contribution in [0.15, 0.2) is 20.4 Å². The van der Waals surface area contributed by atoms with Gasteiger partial charge in [0.15, 0.2) is 0 Å². The van der Waals surface area contributed by atoms with E-state index >= 15 is 0 Å². The molecule has 0 aromatic carbocycles. The summed E-state index contributed by atoms with van der Waals surface area (Å²) >= 11 is 4.95. The summed E-state index contributed by atoms with van der Waals surface area (Å²) in [5.74, 6) is 1.10. The molecule has 2 heterocycles. The molecule has 0 aliphatic heterocycles. The van der Waals surface area contributed by atoms with Crippen LogP contribution in [0.25, 0.3) is 10.7 Å². The molecule has 6 heteroatoms. The number of rotatable bonds is 3. The smallest absolute Gasteiger partial charge is 0.243 e. The highest BCUT2D eigenvalue weighted by Crippen LogP contribution is 2.29. The largest absolute Gasteiger partial charge is 0.337 e. The second-order valence-electron chi connectivity index (χ2n) is 3.07. The van der Waals surface area contributed by atoms with Crippen molar-refractivity contribution >= 4 is 27.3 Å². The van der Waals surface area contributed by atoms with Gasteiger partial charge in [-0.1, -0.05) is 12.1 Å². The van der Waals surface area contributed by atoms with Crippen LogP contribution in [0.2, 0.25) is 0 Å². The zero-order valence-corrected chi connectivity index (χ0v) is 10.5. The number of hydrogen-bond donors (Lipinski definition) is 1. The van der Waals surface area contributed by atoms with Crippen molar-refractivity contribution in [3.05, 3.63) is 21.8 Å². The Morgan fingerprint density at radius 3 is 3.00 bits per heavy atom. The molecule has 0 aliphatic rings. The first kappa shape index (κ1) is 10.8. The first-order valence-corrected chi connectivity index (χ1v) is 6.16. The van der Waals surface area contributed by atoms with E-state index in [0.29, 0.717) is 11.7 Å². The SMILES string of the molecule is CC[C@H](N)c1nc(-c2ccc(Br)s2)no1. The fourth-order valence-electron chi connectivity index (χ4n) is 1.09. The summed E-state index contributed by atoms with van der Waals surface area (Å²) in [6.07, 6.45) is 0.787. The number of nitrogens with zero attached hydrogens (tertiary/aromatic N) is 2. The van der Waals surface area contributed by atoms with E-state index in [1.54, 1.807) is 11.3 Å². The first-order valence-electron chi connectivity index (χ1n) is 4.55. The lowest BCUT2D eigenvalue weighted by atomic mass is 10.2. The van der Waals surface area contributed by atoms with Crippen LogP contribution >= 0.6 is 27.3 Å². The lowest BCUT2D eigenvalue weighted by Crippen LogP contribution is -2.08. The van der Waals surface area contributed by atoms with Gasteiger partial charge in [0, 0.05) is 0 Å². The van der Waals surface area contributed by atoms with Gasteiger partial charge in [-0.05, 0) is 34.5 Å². The van der Waals surface area contributed by atoms with Crippen LogP contribution < -0.4 is 5.73 Å². The predicted octanol–water partition coefficient (Wildman–Crippen LogP) is 2.97. The third-order valence-corrected chi connectivity index (χ3v) is 3.61. The zero-order valence-electron chi connectivity index (χ0n) is 8.11. The molecule has 2 aromatic heterocycles. The minimum Gasteiger partial charge on any atom is -0.337 e. The van der Waals surface area contributed by atoms with Crippen molar-refractivity contribution in [1.29, 1.82) is 0 Å². The third-order valence-electron chi connectivity index (χ3n) is 1.99. The summed E-state index contributed by atoms with van der Waals surface area (Å²) in [6, 6.07) is 3.73. The lowest BCUT2D eigenvalue weighted by Gasteiger charge is -1.98. The third kappa shape index (κ3) is 2.27. The second kappa shape index (κ2) is 4.42. The fourth-order valence-corrected chi connectivity index (χ4v) is 2.41. The molecule has 0 unspecified atom stereocenters. The number of nitrogens with two attached hydrogens (primary N) is 1. The molecule has 15 heavy (non-hydrogen) atoms. The fraction of sp³-hybridized carbons (Fsp3) is 0.333. The molecule has 2 aromatic rings. The standard InChI is InChI=1S/C9H10BrN3OS/c1-2-5(11)9-12-8(13-14-9)6-3-4-7(10)15-6/h3-5H,2,11H2,1H3/t5-/m0/s1. The van der Waals surface area contributed by atoms with Gasteiger partial charge in [0.2, 0.25) is 11.7 Å². The Morgan fingerprint density at radius 2 is 2.40 bits per heavy atom. The quantitative estimate of drug-likeness (QED) is 0.943. The average Bonchev–Trinajstić information content (AvgIpc) is 2.84. The number of thiophene rings is 1. The van der Waals surface area contributed by atoms with Gasteiger partial charge < -0.3 is 10.3 Å². The van der Waals surface area contributed by atoms with Gasteiger partial charge >= 0.3 is 0 Å². The molecule has 2 N–H and O–H groups in total. The zero-order chi connectivity index (χ0) is 10.8. The van der Waals surface area contributed by atoms with E-state index in [-0.39, 0.29) is 6.04 Å². The normalized spacial score (nSPS) is 13.0. The summed E-state index contributed by atoms with van der Waals surface area (Å²) in [6.45, 7) is 1.98. The Kier molecular flexibility index (Phi) is 3.18. The summed E-state index contributed by atoms with van der Waals surface area (Å²) in [4.78, 5) is 5.22. The Balaban J connectivity index is 2.27. The molecule has 0 saturated carbocycles. The van der Waals surface area contributed by atoms with Crippen LogP contribution in [0.5, 0.6) is 0 Å². The van der Waals surface area contributed by atoms with E-state index in [1.807, 2.05) is 19.1 Å². The van der Waals surface area contributed by atoms with Gasteiger partial charge in [0.1, 0.15) is 0 Å². The van der Waals surface area contributed by atoms with E-state index in [1.165, 1.54) is 0 Å². The van der Waals surface area contributed by atoms with Gasteiger partial charge in [-0.3, -0.25) is 0 Å². The molecule has 4 nitrogen and oxygen atoms in total. The highest BCUT2D eigenvalue weighted by Gasteiger charge is 2.14. The molecule has 0 bridgehead atoms. The van der Waals surface area contributed by atoms with Crippen molar-refractivity contribution in [2.75, 3.05) is 0 Å². The van der Waals surface area contributed by atoms with Gasteiger partial charge in [-0.15, -0.1) is 11.3 Å². The van der Waals surface area contributed by atoms with Crippen molar-refractivity contribution in [1.82, 2.24) is 10.1 Å². The maximum atomic E-state index is 5.79. The van der Waals surface area contributed by atoms with Gasteiger partial charge in [-0.25, -0.2) is 0 Å². The van der Waals surface area contributed by atoms with Crippen LogP contribution in [-0.2, 0) is 0 Å². The summed E-state index contributed by atoms with van der Waals surface area (Å²) in [5, 5.41) is 3.89. The first-order chi connectivity index (χ1) is 7.20. The molecular formula is C9H10BrN3OS. The lowest BCUT2D eigenvalue weighted by molar-refractivity contribution is 0.352. The minimum atomic E-state index is -0.172. The topological polar surface area (TPSA) is 64.9 Å². The highest BCUT2D eigenvalue weighted by molar-refractivity contribution is 9.11.